The Morgan fingerprint density at radius 3 is 2.59 bits per heavy atom. The van der Waals surface area contributed by atoms with Gasteiger partial charge in [0.05, 0.1) is 6.10 Å². The SMILES string of the molecule is CN(C)CC1CC(O)CN1CCC(C)(C)CN. The number of hydrogen-bond donors (Lipinski definition) is 2. The van der Waals surface area contributed by atoms with E-state index in [2.05, 4.69) is 37.7 Å². The minimum atomic E-state index is -0.152. The molecule has 2 atom stereocenters. The van der Waals surface area contributed by atoms with Crippen molar-refractivity contribution in [1.82, 2.24) is 9.80 Å². The zero-order valence-corrected chi connectivity index (χ0v) is 11.8. The van der Waals surface area contributed by atoms with Crippen LogP contribution in [0.25, 0.3) is 0 Å². The van der Waals surface area contributed by atoms with Gasteiger partial charge in [-0.3, -0.25) is 4.90 Å². The van der Waals surface area contributed by atoms with Gasteiger partial charge in [0.25, 0.3) is 0 Å². The third-order valence-corrected chi connectivity index (χ3v) is 3.71. The van der Waals surface area contributed by atoms with Crippen molar-refractivity contribution in [2.75, 3.05) is 40.3 Å². The summed E-state index contributed by atoms with van der Waals surface area (Å²) in [7, 11) is 4.18. The summed E-state index contributed by atoms with van der Waals surface area (Å²) in [6, 6.07) is 0.494. The van der Waals surface area contributed by atoms with Crippen molar-refractivity contribution in [2.24, 2.45) is 11.1 Å². The largest absolute Gasteiger partial charge is 0.392 e. The molecule has 0 radical (unpaired) electrons. The van der Waals surface area contributed by atoms with Gasteiger partial charge in [-0.15, -0.1) is 0 Å². The van der Waals surface area contributed by atoms with Crippen molar-refractivity contribution in [3.63, 3.8) is 0 Å². The Balaban J connectivity index is 2.44. The minimum absolute atomic E-state index is 0.152. The molecule has 4 heteroatoms. The Morgan fingerprint density at radius 2 is 2.06 bits per heavy atom. The lowest BCUT2D eigenvalue weighted by Crippen LogP contribution is -2.40. The van der Waals surface area contributed by atoms with E-state index < -0.39 is 0 Å². The van der Waals surface area contributed by atoms with Gasteiger partial charge in [0.15, 0.2) is 0 Å². The Labute approximate surface area is 106 Å². The topological polar surface area (TPSA) is 52.7 Å². The van der Waals surface area contributed by atoms with E-state index >= 15 is 0 Å². The van der Waals surface area contributed by atoms with E-state index in [0.717, 1.165) is 39.0 Å². The van der Waals surface area contributed by atoms with Crippen LogP contribution in [0.2, 0.25) is 0 Å². The quantitative estimate of drug-likeness (QED) is 0.707. The second-order valence-electron chi connectivity index (χ2n) is 6.42. The average Bonchev–Trinajstić information content (AvgIpc) is 2.55. The van der Waals surface area contributed by atoms with E-state index in [4.69, 9.17) is 5.73 Å². The number of aliphatic hydroxyl groups is 1. The first-order valence-corrected chi connectivity index (χ1v) is 6.61. The monoisotopic (exact) mass is 243 g/mol. The lowest BCUT2D eigenvalue weighted by molar-refractivity contribution is 0.159. The molecule has 0 amide bonds. The standard InChI is InChI=1S/C13H29N3O/c1-13(2,10-14)5-6-16-9-12(17)7-11(16)8-15(3)4/h11-12,17H,5-10,14H2,1-4H3. The van der Waals surface area contributed by atoms with Crippen molar-refractivity contribution in [3.05, 3.63) is 0 Å². The molecular formula is C13H29N3O. The van der Waals surface area contributed by atoms with E-state index in [0.29, 0.717) is 6.04 Å². The van der Waals surface area contributed by atoms with Crippen LogP contribution in [0.15, 0.2) is 0 Å². The fourth-order valence-electron chi connectivity index (χ4n) is 2.39. The van der Waals surface area contributed by atoms with Gasteiger partial charge in [0, 0.05) is 19.1 Å². The maximum atomic E-state index is 9.78. The highest BCUT2D eigenvalue weighted by Crippen LogP contribution is 2.23. The summed E-state index contributed by atoms with van der Waals surface area (Å²) in [6.45, 7) is 8.03. The summed E-state index contributed by atoms with van der Waals surface area (Å²) >= 11 is 0. The number of likely N-dealkylation sites (tertiary alicyclic amines) is 1. The van der Waals surface area contributed by atoms with E-state index in [-0.39, 0.29) is 11.5 Å². The Hall–Kier alpha value is -0.160. The van der Waals surface area contributed by atoms with Crippen LogP contribution in [-0.2, 0) is 0 Å². The molecule has 1 fully saturated rings. The third-order valence-electron chi connectivity index (χ3n) is 3.71. The number of β-amino-alcohol motifs (C(OH)–C–C–N with tert-alkyl or cyclic N) is 1. The van der Waals surface area contributed by atoms with Crippen molar-refractivity contribution >= 4 is 0 Å². The maximum absolute atomic E-state index is 9.78. The predicted molar refractivity (Wildman–Crippen MR) is 72.0 cm³/mol. The molecule has 1 aliphatic rings. The zero-order chi connectivity index (χ0) is 13.1. The molecule has 0 aromatic rings. The van der Waals surface area contributed by atoms with Crippen LogP contribution in [0.4, 0.5) is 0 Å². The molecular weight excluding hydrogens is 214 g/mol. The van der Waals surface area contributed by atoms with Crippen molar-refractivity contribution < 1.29 is 5.11 Å². The van der Waals surface area contributed by atoms with Crippen molar-refractivity contribution in [1.29, 1.82) is 0 Å². The number of hydrogen-bond acceptors (Lipinski definition) is 4. The van der Waals surface area contributed by atoms with Gasteiger partial charge in [-0.1, -0.05) is 13.8 Å². The van der Waals surface area contributed by atoms with Gasteiger partial charge in [-0.2, -0.15) is 0 Å². The highest BCUT2D eigenvalue weighted by Gasteiger charge is 2.31. The lowest BCUT2D eigenvalue weighted by atomic mass is 9.89. The van der Waals surface area contributed by atoms with Gasteiger partial charge < -0.3 is 15.7 Å². The van der Waals surface area contributed by atoms with Crippen LogP contribution in [0.1, 0.15) is 26.7 Å². The second-order valence-corrected chi connectivity index (χ2v) is 6.42. The van der Waals surface area contributed by atoms with Gasteiger partial charge in [-0.05, 0) is 45.4 Å². The van der Waals surface area contributed by atoms with Gasteiger partial charge in [0.2, 0.25) is 0 Å². The number of rotatable bonds is 6. The van der Waals surface area contributed by atoms with Gasteiger partial charge >= 0.3 is 0 Å². The number of nitrogens with zero attached hydrogens (tertiary/aromatic N) is 2. The first kappa shape index (κ1) is 14.9. The highest BCUT2D eigenvalue weighted by atomic mass is 16.3. The van der Waals surface area contributed by atoms with E-state index in [1.54, 1.807) is 0 Å². The summed E-state index contributed by atoms with van der Waals surface area (Å²) in [5, 5.41) is 9.78. The smallest absolute Gasteiger partial charge is 0.0682 e. The molecule has 1 rings (SSSR count). The minimum Gasteiger partial charge on any atom is -0.392 e. The molecule has 17 heavy (non-hydrogen) atoms. The van der Waals surface area contributed by atoms with E-state index in [1.807, 2.05) is 0 Å². The molecule has 1 heterocycles. The molecule has 0 saturated carbocycles. The molecule has 4 nitrogen and oxygen atoms in total. The first-order chi connectivity index (χ1) is 7.84. The van der Waals surface area contributed by atoms with Crippen molar-refractivity contribution in [2.45, 2.75) is 38.8 Å². The van der Waals surface area contributed by atoms with Crippen LogP contribution in [0.5, 0.6) is 0 Å². The average molecular weight is 243 g/mol. The molecule has 0 bridgehead atoms. The number of nitrogens with two attached hydrogens (primary N) is 1. The molecule has 0 aromatic carbocycles. The Bertz CT molecular complexity index is 231. The van der Waals surface area contributed by atoms with Crippen LogP contribution in [0, 0.1) is 5.41 Å². The summed E-state index contributed by atoms with van der Waals surface area (Å²) in [5.74, 6) is 0. The predicted octanol–water partition coefficient (Wildman–Crippen LogP) is 0.358. The lowest BCUT2D eigenvalue weighted by Gasteiger charge is -2.30. The normalized spacial score (nSPS) is 27.0. The van der Waals surface area contributed by atoms with Crippen LogP contribution in [-0.4, -0.2) is 67.3 Å². The summed E-state index contributed by atoms with van der Waals surface area (Å²) in [4.78, 5) is 4.62. The second kappa shape index (κ2) is 6.14. The maximum Gasteiger partial charge on any atom is 0.0682 e. The Kier molecular flexibility index (Phi) is 5.38. The van der Waals surface area contributed by atoms with Crippen LogP contribution >= 0.6 is 0 Å². The summed E-state index contributed by atoms with van der Waals surface area (Å²) < 4.78 is 0. The molecule has 0 spiro atoms. The van der Waals surface area contributed by atoms with Crippen LogP contribution < -0.4 is 5.73 Å². The number of likely N-dealkylation sites (N-methyl/N-ethyl adjacent to an activating group) is 1. The first-order valence-electron chi connectivity index (χ1n) is 6.61. The molecule has 3 N–H and O–H groups in total. The molecule has 1 saturated heterocycles. The third kappa shape index (κ3) is 4.92. The molecule has 102 valence electrons. The van der Waals surface area contributed by atoms with Gasteiger partial charge in [0.1, 0.15) is 0 Å². The number of aliphatic hydroxyl groups excluding tert-OH is 1. The molecule has 0 aliphatic carbocycles. The summed E-state index contributed by atoms with van der Waals surface area (Å²) in [5.41, 5.74) is 5.96. The summed E-state index contributed by atoms with van der Waals surface area (Å²) in [6.07, 6.45) is 1.85. The van der Waals surface area contributed by atoms with Crippen LogP contribution in [0.3, 0.4) is 0 Å². The van der Waals surface area contributed by atoms with E-state index in [1.165, 1.54) is 0 Å². The van der Waals surface area contributed by atoms with E-state index in [9.17, 15) is 5.11 Å². The molecule has 2 unspecified atom stereocenters. The fourth-order valence-corrected chi connectivity index (χ4v) is 2.39. The van der Waals surface area contributed by atoms with Crippen molar-refractivity contribution in [3.8, 4) is 0 Å². The highest BCUT2D eigenvalue weighted by molar-refractivity contribution is 4.87. The molecule has 0 aromatic heterocycles. The fraction of sp³-hybridized carbons (Fsp3) is 1.00. The Morgan fingerprint density at radius 1 is 1.41 bits per heavy atom. The zero-order valence-electron chi connectivity index (χ0n) is 11.8. The van der Waals surface area contributed by atoms with Gasteiger partial charge in [-0.25, -0.2) is 0 Å². The molecule has 1 aliphatic heterocycles.